The summed E-state index contributed by atoms with van der Waals surface area (Å²) < 4.78 is 0.978. The van der Waals surface area contributed by atoms with E-state index in [0.29, 0.717) is 25.1 Å². The molecule has 2 amide bonds. The topological polar surface area (TPSA) is 49.4 Å². The number of benzene rings is 3. The molecule has 0 saturated heterocycles. The van der Waals surface area contributed by atoms with Crippen LogP contribution in [0.15, 0.2) is 94.3 Å². The molecule has 0 aliphatic carbocycles. The highest BCUT2D eigenvalue weighted by molar-refractivity contribution is 9.10. The highest BCUT2D eigenvalue weighted by Crippen LogP contribution is 2.21. The van der Waals surface area contributed by atoms with E-state index in [1.54, 1.807) is 16.7 Å². The van der Waals surface area contributed by atoms with Gasteiger partial charge in [-0.25, -0.2) is 0 Å². The third-order valence-electron chi connectivity index (χ3n) is 5.30. The van der Waals surface area contributed by atoms with E-state index in [4.69, 9.17) is 0 Å². The number of amides is 2. The maximum absolute atomic E-state index is 13.5. The fraction of sp³-hybridized carbons (Fsp3) is 0.286. The van der Waals surface area contributed by atoms with Crippen LogP contribution in [0.3, 0.4) is 0 Å². The predicted molar refractivity (Wildman–Crippen MR) is 144 cm³/mol. The zero-order chi connectivity index (χ0) is 24.3. The van der Waals surface area contributed by atoms with Crippen molar-refractivity contribution in [1.29, 1.82) is 0 Å². The van der Waals surface area contributed by atoms with Crippen molar-refractivity contribution in [3.05, 3.63) is 101 Å². The number of rotatable bonds is 11. The molecule has 1 atom stereocenters. The number of halogens is 1. The van der Waals surface area contributed by atoms with Crippen LogP contribution in [-0.4, -0.2) is 34.6 Å². The first kappa shape index (κ1) is 26.0. The van der Waals surface area contributed by atoms with Gasteiger partial charge in [0, 0.05) is 40.5 Å². The standard InChI is InChI=1S/C28H31BrN2O2S/c1-21(2)30-28(33)26(19-22-9-5-3-6-10-22)31(20-23-13-15-24(29)16-14-23)27(32)17-18-34-25-11-7-4-8-12-25/h3-16,21,26H,17-20H2,1-2H3,(H,30,33)/t26-/m1/s1. The van der Waals surface area contributed by atoms with Gasteiger partial charge in [-0.2, -0.15) is 0 Å². The van der Waals surface area contributed by atoms with Gasteiger partial charge < -0.3 is 10.2 Å². The second-order valence-corrected chi connectivity index (χ2v) is 10.5. The Bertz CT molecular complexity index is 1040. The molecule has 0 fully saturated rings. The first-order valence-corrected chi connectivity index (χ1v) is 13.3. The molecule has 0 aromatic heterocycles. The molecule has 34 heavy (non-hydrogen) atoms. The second kappa shape index (κ2) is 13.4. The zero-order valence-corrected chi connectivity index (χ0v) is 22.0. The molecule has 0 spiro atoms. The first-order chi connectivity index (χ1) is 16.4. The van der Waals surface area contributed by atoms with Crippen molar-refractivity contribution in [3.63, 3.8) is 0 Å². The number of carbonyl (C=O) groups excluding carboxylic acids is 2. The lowest BCUT2D eigenvalue weighted by Crippen LogP contribution is -2.51. The first-order valence-electron chi connectivity index (χ1n) is 11.5. The molecule has 3 rings (SSSR count). The molecule has 6 heteroatoms. The molecule has 178 valence electrons. The summed E-state index contributed by atoms with van der Waals surface area (Å²) in [5.41, 5.74) is 2.02. The Morgan fingerprint density at radius 2 is 1.50 bits per heavy atom. The maximum Gasteiger partial charge on any atom is 0.243 e. The van der Waals surface area contributed by atoms with Gasteiger partial charge in [0.2, 0.25) is 11.8 Å². The van der Waals surface area contributed by atoms with Gasteiger partial charge in [0.1, 0.15) is 6.04 Å². The number of hydrogen-bond acceptors (Lipinski definition) is 3. The molecular formula is C28H31BrN2O2S. The van der Waals surface area contributed by atoms with Crippen LogP contribution in [0, 0.1) is 0 Å². The average molecular weight is 540 g/mol. The summed E-state index contributed by atoms with van der Waals surface area (Å²) in [4.78, 5) is 29.8. The highest BCUT2D eigenvalue weighted by Gasteiger charge is 2.30. The third-order valence-corrected chi connectivity index (χ3v) is 6.84. The minimum Gasteiger partial charge on any atom is -0.352 e. The lowest BCUT2D eigenvalue weighted by Gasteiger charge is -2.32. The number of carbonyl (C=O) groups is 2. The fourth-order valence-electron chi connectivity index (χ4n) is 3.64. The van der Waals surface area contributed by atoms with Crippen molar-refractivity contribution in [2.24, 2.45) is 0 Å². The van der Waals surface area contributed by atoms with Gasteiger partial charge in [0.25, 0.3) is 0 Å². The third kappa shape index (κ3) is 8.33. The lowest BCUT2D eigenvalue weighted by molar-refractivity contribution is -0.141. The molecule has 0 bridgehead atoms. The van der Waals surface area contributed by atoms with E-state index in [1.807, 2.05) is 98.8 Å². The molecule has 0 aliphatic heterocycles. The Balaban J connectivity index is 1.84. The highest BCUT2D eigenvalue weighted by atomic mass is 79.9. The Labute approximate surface area is 215 Å². The van der Waals surface area contributed by atoms with Crippen molar-refractivity contribution in [1.82, 2.24) is 10.2 Å². The Morgan fingerprint density at radius 3 is 2.12 bits per heavy atom. The number of thioether (sulfide) groups is 1. The van der Waals surface area contributed by atoms with Crippen LogP contribution in [0.5, 0.6) is 0 Å². The normalized spacial score (nSPS) is 11.8. The SMILES string of the molecule is CC(C)NC(=O)[C@@H](Cc1ccccc1)N(Cc1ccc(Br)cc1)C(=O)CCSc1ccccc1. The van der Waals surface area contributed by atoms with E-state index < -0.39 is 6.04 Å². The van der Waals surface area contributed by atoms with Crippen LogP contribution in [0.1, 0.15) is 31.4 Å². The summed E-state index contributed by atoms with van der Waals surface area (Å²) >= 11 is 5.13. The van der Waals surface area contributed by atoms with E-state index in [-0.39, 0.29) is 17.9 Å². The van der Waals surface area contributed by atoms with Crippen LogP contribution < -0.4 is 5.32 Å². The minimum absolute atomic E-state index is 0.0101. The van der Waals surface area contributed by atoms with Gasteiger partial charge in [-0.05, 0) is 49.2 Å². The zero-order valence-electron chi connectivity index (χ0n) is 19.6. The molecule has 0 heterocycles. The Kier molecular flexibility index (Phi) is 10.2. The van der Waals surface area contributed by atoms with Gasteiger partial charge >= 0.3 is 0 Å². The van der Waals surface area contributed by atoms with Gasteiger partial charge in [0.05, 0.1) is 0 Å². The fourth-order valence-corrected chi connectivity index (χ4v) is 4.76. The summed E-state index contributed by atoms with van der Waals surface area (Å²) in [6, 6.07) is 27.2. The van der Waals surface area contributed by atoms with Crippen LogP contribution in [0.2, 0.25) is 0 Å². The number of hydrogen-bond donors (Lipinski definition) is 1. The Hall–Kier alpha value is -2.57. The van der Waals surface area contributed by atoms with Gasteiger partial charge in [0.15, 0.2) is 0 Å². The molecule has 4 nitrogen and oxygen atoms in total. The molecule has 0 radical (unpaired) electrons. The van der Waals surface area contributed by atoms with Crippen molar-refractivity contribution in [2.45, 2.75) is 50.2 Å². The Morgan fingerprint density at radius 1 is 0.882 bits per heavy atom. The van der Waals surface area contributed by atoms with Crippen LogP contribution in [-0.2, 0) is 22.6 Å². The lowest BCUT2D eigenvalue weighted by atomic mass is 10.0. The van der Waals surface area contributed by atoms with Crippen molar-refractivity contribution < 1.29 is 9.59 Å². The van der Waals surface area contributed by atoms with E-state index in [2.05, 4.69) is 21.2 Å². The van der Waals surface area contributed by atoms with E-state index in [1.165, 1.54) is 0 Å². The second-order valence-electron chi connectivity index (χ2n) is 8.43. The maximum atomic E-state index is 13.5. The number of nitrogens with one attached hydrogen (secondary N) is 1. The summed E-state index contributed by atoms with van der Waals surface area (Å²) in [7, 11) is 0. The van der Waals surface area contributed by atoms with E-state index in [0.717, 1.165) is 20.5 Å². The summed E-state index contributed by atoms with van der Waals surface area (Å²) in [6.45, 7) is 4.26. The quantitative estimate of drug-likeness (QED) is 0.300. The van der Waals surface area contributed by atoms with Crippen molar-refractivity contribution >= 4 is 39.5 Å². The predicted octanol–water partition coefficient (Wildman–Crippen LogP) is 6.10. The average Bonchev–Trinajstić information content (AvgIpc) is 2.83. The van der Waals surface area contributed by atoms with Gasteiger partial charge in [-0.1, -0.05) is 76.6 Å². The van der Waals surface area contributed by atoms with E-state index >= 15 is 0 Å². The van der Waals surface area contributed by atoms with Crippen molar-refractivity contribution in [2.75, 3.05) is 5.75 Å². The summed E-state index contributed by atoms with van der Waals surface area (Å²) in [5.74, 6) is 0.509. The summed E-state index contributed by atoms with van der Waals surface area (Å²) in [6.07, 6.45) is 0.823. The molecule has 0 saturated carbocycles. The molecule has 3 aromatic rings. The largest absolute Gasteiger partial charge is 0.352 e. The van der Waals surface area contributed by atoms with E-state index in [9.17, 15) is 9.59 Å². The molecule has 0 unspecified atom stereocenters. The van der Waals surface area contributed by atoms with Crippen LogP contribution in [0.4, 0.5) is 0 Å². The number of nitrogens with zero attached hydrogens (tertiary/aromatic N) is 1. The summed E-state index contributed by atoms with van der Waals surface area (Å²) in [5, 5.41) is 3.03. The smallest absolute Gasteiger partial charge is 0.243 e. The van der Waals surface area contributed by atoms with Crippen LogP contribution in [0.25, 0.3) is 0 Å². The molecular weight excluding hydrogens is 508 g/mol. The molecule has 1 N–H and O–H groups in total. The molecule has 3 aromatic carbocycles. The molecule has 0 aliphatic rings. The minimum atomic E-state index is -0.595. The van der Waals surface area contributed by atoms with Gasteiger partial charge in [-0.15, -0.1) is 11.8 Å². The monoisotopic (exact) mass is 538 g/mol. The van der Waals surface area contributed by atoms with Crippen LogP contribution >= 0.6 is 27.7 Å². The van der Waals surface area contributed by atoms with Crippen molar-refractivity contribution in [3.8, 4) is 0 Å². The van der Waals surface area contributed by atoms with Gasteiger partial charge in [-0.3, -0.25) is 9.59 Å².